The summed E-state index contributed by atoms with van der Waals surface area (Å²) >= 11 is 0. The summed E-state index contributed by atoms with van der Waals surface area (Å²) in [5.74, 6) is -0.0830. The Kier molecular flexibility index (Phi) is 3.44. The van der Waals surface area contributed by atoms with Crippen molar-refractivity contribution in [1.82, 2.24) is 4.57 Å². The monoisotopic (exact) mass is 283 g/mol. The van der Waals surface area contributed by atoms with Crippen LogP contribution in [0, 0.1) is 5.82 Å². The fourth-order valence-electron chi connectivity index (χ4n) is 2.48. The van der Waals surface area contributed by atoms with E-state index in [1.807, 2.05) is 41.2 Å². The highest BCUT2D eigenvalue weighted by Crippen LogP contribution is 2.18. The van der Waals surface area contributed by atoms with Crippen molar-refractivity contribution in [2.45, 2.75) is 6.54 Å². The highest BCUT2D eigenvalue weighted by molar-refractivity contribution is 5.73. The Morgan fingerprint density at radius 2 is 2.10 bits per heavy atom. The molecule has 0 spiro atoms. The fraction of sp³-hybridized carbons (Fsp3) is 0.118. The quantitative estimate of drug-likeness (QED) is 0.672. The first kappa shape index (κ1) is 13.4. The molecule has 3 rings (SSSR count). The van der Waals surface area contributed by atoms with Crippen LogP contribution in [-0.2, 0) is 6.54 Å². The Morgan fingerprint density at radius 1 is 1.29 bits per heavy atom. The van der Waals surface area contributed by atoms with E-state index in [9.17, 15) is 4.39 Å². The van der Waals surface area contributed by atoms with E-state index in [2.05, 4.69) is 11.1 Å². The van der Waals surface area contributed by atoms with Crippen molar-refractivity contribution in [1.29, 1.82) is 0 Å². The van der Waals surface area contributed by atoms with Crippen molar-refractivity contribution in [3.8, 4) is 5.75 Å². The number of aromatic nitrogens is 2. The molecule has 0 aliphatic rings. The van der Waals surface area contributed by atoms with Crippen LogP contribution in [-0.4, -0.2) is 11.7 Å². The lowest BCUT2D eigenvalue weighted by molar-refractivity contribution is -0.662. The average Bonchev–Trinajstić information content (AvgIpc) is 2.86. The highest BCUT2D eigenvalue weighted by Gasteiger charge is 2.14. The van der Waals surface area contributed by atoms with Gasteiger partial charge in [-0.2, -0.15) is 0 Å². The van der Waals surface area contributed by atoms with Crippen LogP contribution in [0.1, 0.15) is 5.56 Å². The molecule has 3 nitrogen and oxygen atoms in total. The maximum atomic E-state index is 13.8. The number of ether oxygens (including phenoxy) is 1. The van der Waals surface area contributed by atoms with Gasteiger partial charge in [0.25, 0.3) is 0 Å². The summed E-state index contributed by atoms with van der Waals surface area (Å²) in [7, 11) is 1.46. The van der Waals surface area contributed by atoms with Crippen molar-refractivity contribution in [2.24, 2.45) is 0 Å². The molecule has 0 unspecified atom stereocenters. The zero-order valence-corrected chi connectivity index (χ0v) is 11.8. The molecular formula is C17H16FN2O+. The van der Waals surface area contributed by atoms with Gasteiger partial charge in [-0.25, -0.2) is 13.5 Å². The van der Waals surface area contributed by atoms with Gasteiger partial charge in [-0.3, -0.25) is 0 Å². The second-order valence-electron chi connectivity index (χ2n) is 4.79. The third-order valence-corrected chi connectivity index (χ3v) is 3.50. The fourth-order valence-corrected chi connectivity index (χ4v) is 2.48. The maximum Gasteiger partial charge on any atom is 0.249 e. The Balaban J connectivity index is 2.02. The third kappa shape index (κ3) is 2.40. The summed E-state index contributed by atoms with van der Waals surface area (Å²) in [5.41, 5.74) is 3.03. The van der Waals surface area contributed by atoms with Crippen LogP contribution in [0.15, 0.2) is 55.4 Å². The SMILES string of the molecule is C=Cn1c[n+](Cc2ccc(OC)c(F)c2)c2ccccc21. The number of benzene rings is 2. The van der Waals surface area contributed by atoms with Crippen molar-refractivity contribution < 1.29 is 13.7 Å². The van der Waals surface area contributed by atoms with E-state index in [4.69, 9.17) is 4.74 Å². The Bertz CT molecular complexity index is 808. The minimum Gasteiger partial charge on any atom is -0.494 e. The number of imidazole rings is 1. The molecule has 3 aromatic rings. The largest absolute Gasteiger partial charge is 0.494 e. The second-order valence-corrected chi connectivity index (χ2v) is 4.79. The lowest BCUT2D eigenvalue weighted by Gasteiger charge is -2.04. The van der Waals surface area contributed by atoms with E-state index in [1.165, 1.54) is 13.2 Å². The predicted molar refractivity (Wildman–Crippen MR) is 80.6 cm³/mol. The predicted octanol–water partition coefficient (Wildman–Crippen LogP) is 3.23. The maximum absolute atomic E-state index is 13.8. The van der Waals surface area contributed by atoms with Gasteiger partial charge in [-0.15, -0.1) is 0 Å². The molecule has 0 atom stereocenters. The summed E-state index contributed by atoms with van der Waals surface area (Å²) in [6, 6.07) is 13.1. The van der Waals surface area contributed by atoms with Crippen LogP contribution in [0.2, 0.25) is 0 Å². The number of fused-ring (bicyclic) bond motifs is 1. The van der Waals surface area contributed by atoms with E-state index >= 15 is 0 Å². The lowest BCUT2D eigenvalue weighted by atomic mass is 10.2. The molecule has 0 amide bonds. The molecular weight excluding hydrogens is 267 g/mol. The third-order valence-electron chi connectivity index (χ3n) is 3.50. The van der Waals surface area contributed by atoms with Gasteiger partial charge in [0, 0.05) is 0 Å². The molecule has 0 radical (unpaired) electrons. The zero-order valence-electron chi connectivity index (χ0n) is 11.8. The smallest absolute Gasteiger partial charge is 0.249 e. The Labute approximate surface area is 122 Å². The zero-order chi connectivity index (χ0) is 14.8. The number of halogens is 1. The molecule has 0 aliphatic carbocycles. The number of hydrogen-bond acceptors (Lipinski definition) is 1. The first-order valence-corrected chi connectivity index (χ1v) is 6.67. The number of hydrogen-bond donors (Lipinski definition) is 0. The highest BCUT2D eigenvalue weighted by atomic mass is 19.1. The topological polar surface area (TPSA) is 18.0 Å². The number of nitrogens with zero attached hydrogens (tertiary/aromatic N) is 2. The molecule has 106 valence electrons. The Hall–Kier alpha value is -2.62. The van der Waals surface area contributed by atoms with Gasteiger partial charge in [0.2, 0.25) is 6.33 Å². The summed E-state index contributed by atoms with van der Waals surface area (Å²) in [4.78, 5) is 0. The van der Waals surface area contributed by atoms with Gasteiger partial charge in [-0.05, 0) is 29.8 Å². The minimum absolute atomic E-state index is 0.261. The molecule has 21 heavy (non-hydrogen) atoms. The van der Waals surface area contributed by atoms with Crippen LogP contribution in [0.4, 0.5) is 4.39 Å². The van der Waals surface area contributed by atoms with Gasteiger partial charge < -0.3 is 4.74 Å². The number of methoxy groups -OCH3 is 1. The summed E-state index contributed by atoms with van der Waals surface area (Å²) in [5, 5.41) is 0. The van der Waals surface area contributed by atoms with Crippen LogP contribution >= 0.6 is 0 Å². The van der Waals surface area contributed by atoms with Gasteiger partial charge >= 0.3 is 0 Å². The molecule has 0 fully saturated rings. The average molecular weight is 283 g/mol. The van der Waals surface area contributed by atoms with Crippen LogP contribution in [0.3, 0.4) is 0 Å². The second kappa shape index (κ2) is 5.40. The molecule has 1 aromatic heterocycles. The van der Waals surface area contributed by atoms with Gasteiger partial charge in [0.15, 0.2) is 22.6 Å². The molecule has 4 heteroatoms. The molecule has 0 N–H and O–H groups in total. The van der Waals surface area contributed by atoms with Crippen LogP contribution in [0.25, 0.3) is 17.2 Å². The number of para-hydroxylation sites is 2. The molecule has 0 aliphatic heterocycles. The minimum atomic E-state index is -0.344. The lowest BCUT2D eigenvalue weighted by Crippen LogP contribution is -2.32. The molecule has 0 saturated carbocycles. The molecule has 0 bridgehead atoms. The normalized spacial score (nSPS) is 10.8. The van der Waals surface area contributed by atoms with Gasteiger partial charge in [-0.1, -0.05) is 24.8 Å². The molecule has 1 heterocycles. The standard InChI is InChI=1S/C17H16FN2O/c1-3-19-12-20(16-7-5-4-6-15(16)19)11-13-8-9-17(21-2)14(18)10-13/h3-10,12H,1,11H2,2H3/q+1. The van der Waals surface area contributed by atoms with Crippen molar-refractivity contribution in [2.75, 3.05) is 7.11 Å². The number of rotatable bonds is 4. The van der Waals surface area contributed by atoms with Crippen molar-refractivity contribution in [3.05, 3.63) is 66.8 Å². The van der Waals surface area contributed by atoms with Crippen molar-refractivity contribution in [3.63, 3.8) is 0 Å². The summed E-state index contributed by atoms with van der Waals surface area (Å²) in [6.07, 6.45) is 3.72. The summed E-state index contributed by atoms with van der Waals surface area (Å²) in [6.45, 7) is 4.40. The van der Waals surface area contributed by atoms with E-state index < -0.39 is 0 Å². The first-order valence-electron chi connectivity index (χ1n) is 6.67. The van der Waals surface area contributed by atoms with Crippen LogP contribution < -0.4 is 9.30 Å². The molecule has 2 aromatic carbocycles. The molecule has 0 saturated heterocycles. The van der Waals surface area contributed by atoms with Gasteiger partial charge in [0.1, 0.15) is 6.54 Å². The van der Waals surface area contributed by atoms with E-state index in [-0.39, 0.29) is 11.6 Å². The first-order chi connectivity index (χ1) is 10.2. The van der Waals surface area contributed by atoms with E-state index in [0.717, 1.165) is 16.6 Å². The van der Waals surface area contributed by atoms with Crippen LogP contribution in [0.5, 0.6) is 5.75 Å². The van der Waals surface area contributed by atoms with Crippen molar-refractivity contribution >= 4 is 17.2 Å². The van der Waals surface area contributed by atoms with Gasteiger partial charge in [0.05, 0.1) is 13.3 Å². The summed E-state index contributed by atoms with van der Waals surface area (Å²) < 4.78 is 22.7. The van der Waals surface area contributed by atoms with E-state index in [1.54, 1.807) is 12.3 Å². The Morgan fingerprint density at radius 3 is 2.81 bits per heavy atom. The van der Waals surface area contributed by atoms with E-state index in [0.29, 0.717) is 6.54 Å².